The molecule has 0 radical (unpaired) electrons. The molecule has 9 aromatic carbocycles. The van der Waals surface area contributed by atoms with Crippen molar-refractivity contribution >= 4 is 85.1 Å². The second kappa shape index (κ2) is 16.2. The zero-order chi connectivity index (χ0) is 47.1. The SMILES string of the molecule is CC(C)(C)c1ccc(N2c3ccccc3B3c4ccccc4N(c4ccc(C(C)(C)C)cc4)c4cc(N(c5ccc(C(C)(C)C)cc5)c5c(-c6ccccc6)ccc6ccccc56)cc2c43)cc1. The first-order valence-corrected chi connectivity index (χ1v) is 24.3. The highest BCUT2D eigenvalue weighted by Gasteiger charge is 2.44. The standard InChI is InChI=1S/C64H60BN3/c1-62(2,3)45-28-34-48(35-29-45)66(61-52-22-14-13-21-44(52)27-40-53(61)43-19-11-10-12-20-43)51-41-58-60-59(42-51)68(50-38-32-47(33-39-50)64(7,8)9)57-26-18-16-24-55(57)65(60)54-23-15-17-25-56(54)67(58)49-36-30-46(31-37-49)63(4,5)6/h10-42H,1-9H3. The molecular formula is C64H60BN3. The van der Waals surface area contributed by atoms with Gasteiger partial charge in [0.2, 0.25) is 0 Å². The van der Waals surface area contributed by atoms with Crippen LogP contribution in [-0.4, -0.2) is 6.71 Å². The molecule has 2 heterocycles. The van der Waals surface area contributed by atoms with E-state index < -0.39 is 0 Å². The lowest BCUT2D eigenvalue weighted by Crippen LogP contribution is -2.61. The number of nitrogens with zero attached hydrogens (tertiary/aromatic N) is 3. The summed E-state index contributed by atoms with van der Waals surface area (Å²) in [4.78, 5) is 7.63. The van der Waals surface area contributed by atoms with Crippen LogP contribution in [0.4, 0.5) is 51.2 Å². The van der Waals surface area contributed by atoms with Crippen molar-refractivity contribution in [3.63, 3.8) is 0 Å². The van der Waals surface area contributed by atoms with E-state index in [-0.39, 0.29) is 23.0 Å². The van der Waals surface area contributed by atoms with E-state index in [1.807, 2.05) is 0 Å². The molecule has 0 atom stereocenters. The van der Waals surface area contributed by atoms with E-state index in [0.29, 0.717) is 0 Å². The van der Waals surface area contributed by atoms with Gasteiger partial charge in [-0.1, -0.05) is 202 Å². The molecule has 334 valence electrons. The summed E-state index contributed by atoms with van der Waals surface area (Å²) >= 11 is 0. The topological polar surface area (TPSA) is 9.72 Å². The van der Waals surface area contributed by atoms with E-state index in [1.54, 1.807) is 0 Å². The Labute approximate surface area is 404 Å². The van der Waals surface area contributed by atoms with E-state index in [0.717, 1.165) is 28.4 Å². The number of rotatable bonds is 6. The van der Waals surface area contributed by atoms with Gasteiger partial charge in [-0.2, -0.15) is 0 Å². The minimum absolute atomic E-state index is 0.00410. The average Bonchev–Trinajstić information content (AvgIpc) is 3.33. The fourth-order valence-electron chi connectivity index (χ4n) is 10.7. The first-order chi connectivity index (χ1) is 32.6. The summed E-state index contributed by atoms with van der Waals surface area (Å²) in [6, 6.07) is 75.5. The summed E-state index contributed by atoms with van der Waals surface area (Å²) in [6.07, 6.45) is 0. The summed E-state index contributed by atoms with van der Waals surface area (Å²) < 4.78 is 0. The summed E-state index contributed by atoms with van der Waals surface area (Å²) in [5.74, 6) is 0. The molecule has 0 N–H and O–H groups in total. The molecule has 11 rings (SSSR count). The quantitative estimate of drug-likeness (QED) is 0.154. The third-order valence-corrected chi connectivity index (χ3v) is 14.3. The minimum Gasteiger partial charge on any atom is -0.311 e. The predicted molar refractivity (Wildman–Crippen MR) is 294 cm³/mol. The van der Waals surface area contributed by atoms with Crippen molar-refractivity contribution in [2.24, 2.45) is 0 Å². The van der Waals surface area contributed by atoms with Crippen LogP contribution in [0.3, 0.4) is 0 Å². The summed E-state index contributed by atoms with van der Waals surface area (Å²) in [7, 11) is 0. The van der Waals surface area contributed by atoms with Crippen molar-refractivity contribution < 1.29 is 0 Å². The smallest absolute Gasteiger partial charge is 0.252 e. The molecule has 0 spiro atoms. The zero-order valence-corrected chi connectivity index (χ0v) is 41.0. The van der Waals surface area contributed by atoms with E-state index in [4.69, 9.17) is 0 Å². The van der Waals surface area contributed by atoms with E-state index in [2.05, 4.69) is 277 Å². The molecule has 68 heavy (non-hydrogen) atoms. The van der Waals surface area contributed by atoms with Gasteiger partial charge in [0, 0.05) is 50.8 Å². The minimum atomic E-state index is -0.00410. The molecule has 0 aliphatic carbocycles. The second-order valence-electron chi connectivity index (χ2n) is 21.9. The molecule has 2 aliphatic heterocycles. The van der Waals surface area contributed by atoms with Crippen LogP contribution in [0.5, 0.6) is 0 Å². The lowest BCUT2D eigenvalue weighted by Gasteiger charge is -2.45. The van der Waals surface area contributed by atoms with Crippen LogP contribution in [-0.2, 0) is 16.2 Å². The maximum Gasteiger partial charge on any atom is 0.252 e. The molecule has 9 aromatic rings. The molecule has 0 fully saturated rings. The van der Waals surface area contributed by atoms with Crippen molar-refractivity contribution in [3.05, 3.63) is 217 Å². The third kappa shape index (κ3) is 7.38. The molecular weight excluding hydrogens is 822 g/mol. The fourth-order valence-corrected chi connectivity index (χ4v) is 10.7. The second-order valence-corrected chi connectivity index (χ2v) is 21.9. The third-order valence-electron chi connectivity index (χ3n) is 14.3. The van der Waals surface area contributed by atoms with E-state index in [1.165, 1.54) is 77.7 Å². The number of fused-ring (bicyclic) bond motifs is 5. The molecule has 0 bridgehead atoms. The normalized spacial score (nSPS) is 13.3. The van der Waals surface area contributed by atoms with Crippen molar-refractivity contribution in [1.29, 1.82) is 0 Å². The van der Waals surface area contributed by atoms with Gasteiger partial charge >= 0.3 is 0 Å². The van der Waals surface area contributed by atoms with Crippen LogP contribution in [0.25, 0.3) is 21.9 Å². The first kappa shape index (κ1) is 43.3. The van der Waals surface area contributed by atoms with Crippen LogP contribution < -0.4 is 31.1 Å². The monoisotopic (exact) mass is 881 g/mol. The highest BCUT2D eigenvalue weighted by Crippen LogP contribution is 2.51. The molecule has 0 saturated carbocycles. The van der Waals surface area contributed by atoms with Gasteiger partial charge in [-0.3, -0.25) is 0 Å². The van der Waals surface area contributed by atoms with Crippen molar-refractivity contribution in [2.75, 3.05) is 14.7 Å². The van der Waals surface area contributed by atoms with Gasteiger partial charge in [0.05, 0.1) is 11.4 Å². The lowest BCUT2D eigenvalue weighted by atomic mass is 9.33. The Morgan fingerprint density at radius 3 is 1.32 bits per heavy atom. The largest absolute Gasteiger partial charge is 0.311 e. The van der Waals surface area contributed by atoms with Gasteiger partial charge in [-0.05, 0) is 121 Å². The summed E-state index contributed by atoms with van der Waals surface area (Å²) in [5.41, 5.74) is 20.6. The Kier molecular flexibility index (Phi) is 10.3. The van der Waals surface area contributed by atoms with Crippen LogP contribution in [0, 0.1) is 0 Å². The number of hydrogen-bond acceptors (Lipinski definition) is 3. The molecule has 0 saturated heterocycles. The van der Waals surface area contributed by atoms with Gasteiger partial charge < -0.3 is 14.7 Å². The average molecular weight is 882 g/mol. The van der Waals surface area contributed by atoms with Gasteiger partial charge in [-0.25, -0.2) is 0 Å². The van der Waals surface area contributed by atoms with Crippen LogP contribution in [0.15, 0.2) is 200 Å². The highest BCUT2D eigenvalue weighted by atomic mass is 15.2. The van der Waals surface area contributed by atoms with Crippen LogP contribution in [0.2, 0.25) is 0 Å². The molecule has 3 nitrogen and oxygen atoms in total. The first-order valence-electron chi connectivity index (χ1n) is 24.3. The molecule has 4 heteroatoms. The van der Waals surface area contributed by atoms with Gasteiger partial charge in [0.25, 0.3) is 6.71 Å². The van der Waals surface area contributed by atoms with Crippen molar-refractivity contribution in [1.82, 2.24) is 0 Å². The summed E-state index contributed by atoms with van der Waals surface area (Å²) in [5, 5.41) is 2.39. The van der Waals surface area contributed by atoms with Gasteiger partial charge in [-0.15, -0.1) is 0 Å². The Balaban J connectivity index is 1.27. The Hall–Kier alpha value is -7.30. The summed E-state index contributed by atoms with van der Waals surface area (Å²) in [6.45, 7) is 20.7. The molecule has 0 aromatic heterocycles. The zero-order valence-electron chi connectivity index (χ0n) is 41.0. The van der Waals surface area contributed by atoms with Gasteiger partial charge in [0.15, 0.2) is 0 Å². The van der Waals surface area contributed by atoms with Crippen LogP contribution >= 0.6 is 0 Å². The fraction of sp³-hybridized carbons (Fsp3) is 0.188. The van der Waals surface area contributed by atoms with Crippen molar-refractivity contribution in [3.8, 4) is 11.1 Å². The molecule has 0 amide bonds. The Morgan fingerprint density at radius 2 is 0.824 bits per heavy atom. The predicted octanol–water partition coefficient (Wildman–Crippen LogP) is 16.0. The number of hydrogen-bond donors (Lipinski definition) is 0. The van der Waals surface area contributed by atoms with E-state index >= 15 is 0 Å². The highest BCUT2D eigenvalue weighted by molar-refractivity contribution is 7.00. The van der Waals surface area contributed by atoms with Gasteiger partial charge in [0.1, 0.15) is 0 Å². The number of anilines is 9. The van der Waals surface area contributed by atoms with E-state index in [9.17, 15) is 0 Å². The van der Waals surface area contributed by atoms with Crippen LogP contribution in [0.1, 0.15) is 79.0 Å². The molecule has 0 unspecified atom stereocenters. The number of benzene rings is 9. The maximum absolute atomic E-state index is 2.55. The Morgan fingerprint density at radius 1 is 0.382 bits per heavy atom. The lowest BCUT2D eigenvalue weighted by molar-refractivity contribution is 0.590. The maximum atomic E-state index is 2.55. The molecule has 2 aliphatic rings. The van der Waals surface area contributed by atoms with Crippen molar-refractivity contribution in [2.45, 2.75) is 78.6 Å². The number of para-hydroxylation sites is 2. The Bertz CT molecular complexity index is 3200.